The first-order valence-corrected chi connectivity index (χ1v) is 10.1. The number of nitrogen functional groups attached to an aromatic ring is 1. The molecule has 6 nitrogen and oxygen atoms in total. The number of carbonyl (C=O) groups is 1. The van der Waals surface area contributed by atoms with E-state index in [0.29, 0.717) is 10.7 Å². The highest BCUT2D eigenvalue weighted by Crippen LogP contribution is 2.39. The van der Waals surface area contributed by atoms with E-state index >= 15 is 0 Å². The lowest BCUT2D eigenvalue weighted by molar-refractivity contribution is 0.00578. The van der Waals surface area contributed by atoms with Crippen molar-refractivity contribution in [3.05, 3.63) is 33.8 Å². The number of anilines is 1. The number of hydrogen-bond acceptors (Lipinski definition) is 5. The zero-order valence-electron chi connectivity index (χ0n) is 18.6. The number of alkyl carbamates (subject to hydrolysis) is 1. The van der Waals surface area contributed by atoms with Gasteiger partial charge in [-0.25, -0.2) is 4.79 Å². The number of nitrogens with one attached hydrogen (secondary N) is 1. The molecule has 1 aliphatic rings. The molecule has 0 radical (unpaired) electrons. The summed E-state index contributed by atoms with van der Waals surface area (Å²) in [6.07, 6.45) is 1.35. The quantitative estimate of drug-likeness (QED) is 0.539. The molecular weight excluding hydrogens is 391 g/mol. The number of rotatable bonds is 4. The molecule has 1 fully saturated rings. The highest BCUT2D eigenvalue weighted by Gasteiger charge is 2.52. The van der Waals surface area contributed by atoms with Gasteiger partial charge in [-0.2, -0.15) is 0 Å². The normalized spacial score (nSPS) is 18.7. The van der Waals surface area contributed by atoms with Crippen LogP contribution in [0.3, 0.4) is 0 Å². The first-order chi connectivity index (χ1) is 13.1. The summed E-state index contributed by atoms with van der Waals surface area (Å²) in [4.78, 5) is 12.2. The number of aryl methyl sites for hydroxylation is 1. The van der Waals surface area contributed by atoms with Gasteiger partial charge in [-0.1, -0.05) is 17.7 Å². The van der Waals surface area contributed by atoms with Crippen LogP contribution in [0.2, 0.25) is 5.02 Å². The monoisotopic (exact) mass is 422 g/mol. The number of halogens is 1. The zero-order valence-corrected chi connectivity index (χ0v) is 19.4. The van der Waals surface area contributed by atoms with Crippen molar-refractivity contribution >= 4 is 36.6 Å². The highest BCUT2D eigenvalue weighted by molar-refractivity contribution is 6.56. The van der Waals surface area contributed by atoms with E-state index in [1.807, 2.05) is 67.5 Å². The number of amides is 1. The lowest BCUT2D eigenvalue weighted by Gasteiger charge is -2.32. The summed E-state index contributed by atoms with van der Waals surface area (Å²) >= 11 is 6.40. The molecule has 1 heterocycles. The van der Waals surface area contributed by atoms with Crippen LogP contribution in [0.4, 0.5) is 10.5 Å². The Morgan fingerprint density at radius 2 is 1.79 bits per heavy atom. The Morgan fingerprint density at radius 3 is 2.31 bits per heavy atom. The highest BCUT2D eigenvalue weighted by atomic mass is 35.5. The average molecular weight is 423 g/mol. The van der Waals surface area contributed by atoms with E-state index in [2.05, 4.69) is 5.32 Å². The largest absolute Gasteiger partial charge is 0.492 e. The maximum absolute atomic E-state index is 12.2. The van der Waals surface area contributed by atoms with Crippen LogP contribution in [0.25, 0.3) is 6.08 Å². The fourth-order valence-corrected chi connectivity index (χ4v) is 2.94. The predicted molar refractivity (Wildman–Crippen MR) is 119 cm³/mol. The summed E-state index contributed by atoms with van der Waals surface area (Å²) < 4.78 is 17.7. The number of carbonyl (C=O) groups excluding carboxylic acids is 1. The van der Waals surface area contributed by atoms with E-state index in [-0.39, 0.29) is 6.54 Å². The van der Waals surface area contributed by atoms with Crippen molar-refractivity contribution in [2.75, 3.05) is 12.3 Å². The number of hydrogen-bond donors (Lipinski definition) is 2. The van der Waals surface area contributed by atoms with Crippen molar-refractivity contribution < 1.29 is 18.8 Å². The third-order valence-corrected chi connectivity index (χ3v) is 5.45. The van der Waals surface area contributed by atoms with Gasteiger partial charge in [0.25, 0.3) is 0 Å². The first-order valence-electron chi connectivity index (χ1n) is 9.70. The van der Waals surface area contributed by atoms with E-state index in [1.165, 1.54) is 0 Å². The van der Waals surface area contributed by atoms with Crippen LogP contribution in [0.1, 0.15) is 59.6 Å². The molecule has 160 valence electrons. The van der Waals surface area contributed by atoms with Gasteiger partial charge in [0.1, 0.15) is 5.60 Å². The van der Waals surface area contributed by atoms with Gasteiger partial charge in [-0.15, -0.1) is 0 Å². The van der Waals surface area contributed by atoms with E-state index in [9.17, 15) is 4.79 Å². The van der Waals surface area contributed by atoms with Crippen molar-refractivity contribution in [2.24, 2.45) is 0 Å². The molecule has 0 aliphatic carbocycles. The molecule has 1 aromatic rings. The summed E-state index contributed by atoms with van der Waals surface area (Å²) in [5.41, 5.74) is 7.36. The molecule has 1 amide bonds. The summed E-state index contributed by atoms with van der Waals surface area (Å²) in [5.74, 6) is 0. The van der Waals surface area contributed by atoms with Gasteiger partial charge in [0.05, 0.1) is 11.2 Å². The second kappa shape index (κ2) is 8.21. The lowest BCUT2D eigenvalue weighted by Crippen LogP contribution is -2.41. The lowest BCUT2D eigenvalue weighted by atomic mass is 9.77. The second-order valence-corrected chi connectivity index (χ2v) is 9.80. The van der Waals surface area contributed by atoms with Crippen molar-refractivity contribution in [2.45, 2.75) is 72.2 Å². The van der Waals surface area contributed by atoms with Crippen molar-refractivity contribution in [1.82, 2.24) is 5.32 Å². The summed E-state index contributed by atoms with van der Waals surface area (Å²) in [6, 6.07) is 3.61. The number of benzene rings is 1. The van der Waals surface area contributed by atoms with E-state index in [4.69, 9.17) is 31.4 Å². The molecule has 0 bridgehead atoms. The number of nitrogens with two attached hydrogens (primary N) is 1. The SMILES string of the molecule is Cc1cc(C=C(CNC(=O)OC(C)(C)C)B2OC(C)(C)C(C)(C)O2)c(Cl)cc1N. The van der Waals surface area contributed by atoms with Gasteiger partial charge in [-0.05, 0) is 84.1 Å². The van der Waals surface area contributed by atoms with Crippen LogP contribution in [0, 0.1) is 6.92 Å². The minimum atomic E-state index is -0.635. The minimum Gasteiger partial charge on any atom is -0.444 e. The van der Waals surface area contributed by atoms with E-state index in [1.54, 1.807) is 6.07 Å². The molecule has 0 atom stereocenters. The van der Waals surface area contributed by atoms with Crippen LogP contribution in [-0.4, -0.2) is 36.6 Å². The Kier molecular flexibility index (Phi) is 6.67. The van der Waals surface area contributed by atoms with Gasteiger partial charge < -0.3 is 25.1 Å². The van der Waals surface area contributed by atoms with Crippen molar-refractivity contribution in [3.63, 3.8) is 0 Å². The molecule has 8 heteroatoms. The topological polar surface area (TPSA) is 82.8 Å². The third-order valence-electron chi connectivity index (χ3n) is 5.12. The Morgan fingerprint density at radius 1 is 1.24 bits per heavy atom. The third kappa shape index (κ3) is 5.90. The first kappa shape index (κ1) is 23.6. The maximum atomic E-state index is 12.2. The summed E-state index contributed by atoms with van der Waals surface area (Å²) in [5, 5.41) is 3.29. The maximum Gasteiger partial charge on any atom is 0.492 e. The zero-order chi connectivity index (χ0) is 22.2. The van der Waals surface area contributed by atoms with E-state index in [0.717, 1.165) is 16.6 Å². The van der Waals surface area contributed by atoms with E-state index < -0.39 is 30.0 Å². The molecular formula is C21H32BClN2O4. The minimum absolute atomic E-state index is 0.186. The van der Waals surface area contributed by atoms with Gasteiger partial charge in [0.15, 0.2) is 0 Å². The fourth-order valence-electron chi connectivity index (χ4n) is 2.71. The molecule has 0 unspecified atom stereocenters. The Bertz CT molecular complexity index is 800. The van der Waals surface area contributed by atoms with Crippen molar-refractivity contribution in [1.29, 1.82) is 0 Å². The molecule has 0 spiro atoms. The van der Waals surface area contributed by atoms with Crippen LogP contribution in [-0.2, 0) is 14.0 Å². The predicted octanol–water partition coefficient (Wildman–Crippen LogP) is 4.77. The van der Waals surface area contributed by atoms with Gasteiger partial charge in [0, 0.05) is 17.3 Å². The fraction of sp³-hybridized carbons (Fsp3) is 0.571. The van der Waals surface area contributed by atoms with Crippen LogP contribution >= 0.6 is 11.6 Å². The summed E-state index contributed by atoms with van der Waals surface area (Å²) in [6.45, 7) is 15.5. The molecule has 1 aliphatic heterocycles. The number of ether oxygens (including phenoxy) is 1. The van der Waals surface area contributed by atoms with Crippen molar-refractivity contribution in [3.8, 4) is 0 Å². The molecule has 0 saturated carbocycles. The molecule has 1 aromatic carbocycles. The van der Waals surface area contributed by atoms with Crippen LogP contribution < -0.4 is 11.1 Å². The molecule has 29 heavy (non-hydrogen) atoms. The smallest absolute Gasteiger partial charge is 0.444 e. The Balaban J connectivity index is 2.34. The van der Waals surface area contributed by atoms with Gasteiger partial charge in [-0.3, -0.25) is 0 Å². The molecule has 0 aromatic heterocycles. The average Bonchev–Trinajstić information content (AvgIpc) is 2.74. The Hall–Kier alpha value is -1.70. The van der Waals surface area contributed by atoms with Gasteiger partial charge in [0.2, 0.25) is 0 Å². The standard InChI is InChI=1S/C21H32BClN2O4/c1-13-9-14(16(23)11-17(13)24)10-15(12-25-18(26)27-19(2,3)4)22-28-20(5,6)21(7,8)29-22/h9-11H,12,24H2,1-8H3,(H,25,26). The molecule has 2 rings (SSSR count). The van der Waals surface area contributed by atoms with Crippen LogP contribution in [0.15, 0.2) is 17.6 Å². The molecule has 3 N–H and O–H groups in total. The Labute approximate surface area is 179 Å². The second-order valence-electron chi connectivity index (χ2n) is 9.39. The molecule has 1 saturated heterocycles. The van der Waals surface area contributed by atoms with Gasteiger partial charge >= 0.3 is 13.2 Å². The van der Waals surface area contributed by atoms with Crippen LogP contribution in [0.5, 0.6) is 0 Å². The summed E-state index contributed by atoms with van der Waals surface area (Å²) in [7, 11) is -0.635.